The molecule has 1 aliphatic carbocycles. The third kappa shape index (κ3) is 3.01. The molecule has 1 aromatic heterocycles. The maximum atomic E-state index is 13.4. The Hall–Kier alpha value is -1.26. The van der Waals surface area contributed by atoms with E-state index >= 15 is 0 Å². The Morgan fingerprint density at radius 2 is 2.24 bits per heavy atom. The highest BCUT2D eigenvalue weighted by Crippen LogP contribution is 2.35. The van der Waals surface area contributed by atoms with Crippen molar-refractivity contribution in [1.29, 1.82) is 0 Å². The van der Waals surface area contributed by atoms with Crippen molar-refractivity contribution in [2.75, 3.05) is 6.54 Å². The molecule has 0 aliphatic heterocycles. The molecule has 1 heterocycles. The van der Waals surface area contributed by atoms with Crippen molar-refractivity contribution in [3.05, 3.63) is 51.2 Å². The normalized spacial score (nSPS) is 16.7. The van der Waals surface area contributed by atoms with Crippen LogP contribution in [0.3, 0.4) is 0 Å². The minimum absolute atomic E-state index is 0.173. The van der Waals surface area contributed by atoms with Gasteiger partial charge >= 0.3 is 0 Å². The van der Waals surface area contributed by atoms with Gasteiger partial charge in [0, 0.05) is 4.88 Å². The zero-order chi connectivity index (χ0) is 14.9. The molecule has 4 heteroatoms. The first-order valence-electron chi connectivity index (χ1n) is 7.59. The highest BCUT2D eigenvalue weighted by atomic mass is 32.1. The van der Waals surface area contributed by atoms with Gasteiger partial charge in [-0.1, -0.05) is 19.1 Å². The van der Waals surface area contributed by atoms with Crippen molar-refractivity contribution < 1.29 is 4.39 Å². The standard InChI is InChI=1S/C17H21FN2S/c1-3-19-17(2,11-12-6-4-7-13(18)10-12)16-20-14-8-5-9-15(14)21-16/h4,6-7,10,19H,3,5,8-9,11H2,1-2H3. The number of benzene rings is 1. The fraction of sp³-hybridized carbons (Fsp3) is 0.471. The maximum Gasteiger partial charge on any atom is 0.123 e. The van der Waals surface area contributed by atoms with Crippen molar-refractivity contribution in [2.45, 2.75) is 45.1 Å². The molecule has 21 heavy (non-hydrogen) atoms. The molecule has 112 valence electrons. The topological polar surface area (TPSA) is 24.9 Å². The molecule has 0 bridgehead atoms. The number of thiazole rings is 1. The summed E-state index contributed by atoms with van der Waals surface area (Å²) in [6, 6.07) is 6.88. The number of nitrogens with zero attached hydrogens (tertiary/aromatic N) is 1. The van der Waals surface area contributed by atoms with Gasteiger partial charge in [-0.15, -0.1) is 11.3 Å². The summed E-state index contributed by atoms with van der Waals surface area (Å²) in [6.07, 6.45) is 4.25. The second-order valence-corrected chi connectivity index (χ2v) is 7.00. The van der Waals surface area contributed by atoms with Crippen LogP contribution in [-0.2, 0) is 24.8 Å². The lowest BCUT2D eigenvalue weighted by Gasteiger charge is -2.29. The minimum Gasteiger partial charge on any atom is -0.306 e. The SMILES string of the molecule is CCNC(C)(Cc1cccc(F)c1)c1nc2c(s1)CCC2. The van der Waals surface area contributed by atoms with Crippen LogP contribution in [0, 0.1) is 5.82 Å². The third-order valence-corrected chi connectivity index (χ3v) is 5.50. The number of rotatable bonds is 5. The molecule has 0 fully saturated rings. The second kappa shape index (κ2) is 5.85. The molecule has 0 radical (unpaired) electrons. The Kier molecular flexibility index (Phi) is 4.09. The Balaban J connectivity index is 1.90. The first-order chi connectivity index (χ1) is 10.1. The van der Waals surface area contributed by atoms with Crippen LogP contribution in [0.2, 0.25) is 0 Å². The zero-order valence-electron chi connectivity index (χ0n) is 12.6. The van der Waals surface area contributed by atoms with E-state index in [1.54, 1.807) is 12.1 Å². The minimum atomic E-state index is -0.225. The summed E-state index contributed by atoms with van der Waals surface area (Å²) in [5.41, 5.74) is 2.06. The van der Waals surface area contributed by atoms with Crippen LogP contribution >= 0.6 is 11.3 Å². The Morgan fingerprint density at radius 3 is 2.95 bits per heavy atom. The lowest BCUT2D eigenvalue weighted by molar-refractivity contribution is 0.370. The van der Waals surface area contributed by atoms with Gasteiger partial charge in [0.25, 0.3) is 0 Å². The highest BCUT2D eigenvalue weighted by Gasteiger charge is 2.31. The van der Waals surface area contributed by atoms with Crippen LogP contribution in [0.15, 0.2) is 24.3 Å². The molecule has 1 N–H and O–H groups in total. The molecule has 1 aliphatic rings. The van der Waals surface area contributed by atoms with Crippen LogP contribution in [-0.4, -0.2) is 11.5 Å². The fourth-order valence-corrected chi connectivity index (χ4v) is 4.36. The highest BCUT2D eigenvalue weighted by molar-refractivity contribution is 7.12. The predicted octanol–water partition coefficient (Wildman–Crippen LogP) is 3.84. The lowest BCUT2D eigenvalue weighted by atomic mass is 9.93. The van der Waals surface area contributed by atoms with E-state index in [0.717, 1.165) is 36.4 Å². The summed E-state index contributed by atoms with van der Waals surface area (Å²) in [7, 11) is 0. The van der Waals surface area contributed by atoms with Crippen LogP contribution in [0.25, 0.3) is 0 Å². The van der Waals surface area contributed by atoms with Crippen LogP contribution < -0.4 is 5.32 Å². The van der Waals surface area contributed by atoms with E-state index in [1.165, 1.54) is 23.1 Å². The monoisotopic (exact) mass is 304 g/mol. The van der Waals surface area contributed by atoms with E-state index in [-0.39, 0.29) is 11.4 Å². The van der Waals surface area contributed by atoms with E-state index in [1.807, 2.05) is 17.4 Å². The predicted molar refractivity (Wildman–Crippen MR) is 85.3 cm³/mol. The number of aromatic nitrogens is 1. The molecule has 1 unspecified atom stereocenters. The Morgan fingerprint density at radius 1 is 1.38 bits per heavy atom. The summed E-state index contributed by atoms with van der Waals surface area (Å²) in [4.78, 5) is 6.30. The number of aryl methyl sites for hydroxylation is 2. The smallest absolute Gasteiger partial charge is 0.123 e. The van der Waals surface area contributed by atoms with Crippen molar-refractivity contribution in [1.82, 2.24) is 10.3 Å². The van der Waals surface area contributed by atoms with Crippen LogP contribution in [0.1, 0.15) is 41.4 Å². The van der Waals surface area contributed by atoms with Crippen molar-refractivity contribution in [2.24, 2.45) is 0 Å². The van der Waals surface area contributed by atoms with Gasteiger partial charge < -0.3 is 5.32 Å². The molecule has 2 aromatic rings. The lowest BCUT2D eigenvalue weighted by Crippen LogP contribution is -2.41. The summed E-state index contributed by atoms with van der Waals surface area (Å²) < 4.78 is 13.4. The van der Waals surface area contributed by atoms with Gasteiger partial charge in [-0.2, -0.15) is 0 Å². The van der Waals surface area contributed by atoms with E-state index in [9.17, 15) is 4.39 Å². The van der Waals surface area contributed by atoms with Gasteiger partial charge in [0.1, 0.15) is 10.8 Å². The molecule has 0 spiro atoms. The second-order valence-electron chi connectivity index (χ2n) is 5.91. The molecular weight excluding hydrogens is 283 g/mol. The molecule has 0 saturated heterocycles. The number of hydrogen-bond acceptors (Lipinski definition) is 3. The maximum absolute atomic E-state index is 13.4. The average Bonchev–Trinajstić information content (AvgIpc) is 2.99. The first kappa shape index (κ1) is 14.7. The number of likely N-dealkylation sites (N-methyl/N-ethyl adjacent to an activating group) is 1. The van der Waals surface area contributed by atoms with E-state index in [4.69, 9.17) is 4.98 Å². The van der Waals surface area contributed by atoms with E-state index in [2.05, 4.69) is 19.2 Å². The fourth-order valence-electron chi connectivity index (χ4n) is 3.09. The van der Waals surface area contributed by atoms with Crippen molar-refractivity contribution in [3.8, 4) is 0 Å². The largest absolute Gasteiger partial charge is 0.306 e. The quantitative estimate of drug-likeness (QED) is 0.908. The number of halogens is 1. The summed E-state index contributed by atoms with van der Waals surface area (Å²) in [5, 5.41) is 4.69. The first-order valence-corrected chi connectivity index (χ1v) is 8.41. The number of nitrogens with one attached hydrogen (secondary N) is 1. The van der Waals surface area contributed by atoms with Crippen LogP contribution in [0.5, 0.6) is 0 Å². The molecule has 3 rings (SSSR count). The molecule has 1 aromatic carbocycles. The molecule has 2 nitrogen and oxygen atoms in total. The van der Waals surface area contributed by atoms with Gasteiger partial charge in [-0.25, -0.2) is 9.37 Å². The van der Waals surface area contributed by atoms with Gasteiger partial charge in [-0.3, -0.25) is 0 Å². The van der Waals surface area contributed by atoms with Gasteiger partial charge in [0.05, 0.1) is 11.2 Å². The Labute approximate surface area is 129 Å². The number of hydrogen-bond donors (Lipinski definition) is 1. The van der Waals surface area contributed by atoms with Gasteiger partial charge in [0.15, 0.2) is 0 Å². The molecule has 0 saturated carbocycles. The molecular formula is C17H21FN2S. The molecule has 0 amide bonds. The zero-order valence-corrected chi connectivity index (χ0v) is 13.4. The summed E-state index contributed by atoms with van der Waals surface area (Å²) in [5.74, 6) is -0.173. The van der Waals surface area contributed by atoms with Gasteiger partial charge in [-0.05, 0) is 56.8 Å². The van der Waals surface area contributed by atoms with Crippen molar-refractivity contribution in [3.63, 3.8) is 0 Å². The Bertz CT molecular complexity index is 616. The molecule has 1 atom stereocenters. The third-order valence-electron chi connectivity index (χ3n) is 4.08. The van der Waals surface area contributed by atoms with Crippen molar-refractivity contribution >= 4 is 11.3 Å². The number of fused-ring (bicyclic) bond motifs is 1. The summed E-state index contributed by atoms with van der Waals surface area (Å²) >= 11 is 1.82. The van der Waals surface area contributed by atoms with Gasteiger partial charge in [0.2, 0.25) is 0 Å². The van der Waals surface area contributed by atoms with E-state index < -0.39 is 0 Å². The van der Waals surface area contributed by atoms with Crippen LogP contribution in [0.4, 0.5) is 4.39 Å². The summed E-state index contributed by atoms with van der Waals surface area (Å²) in [6.45, 7) is 5.15. The van der Waals surface area contributed by atoms with E-state index in [0.29, 0.717) is 0 Å². The average molecular weight is 304 g/mol.